The summed E-state index contributed by atoms with van der Waals surface area (Å²) >= 11 is 0. The van der Waals surface area contributed by atoms with Crippen LogP contribution in [0, 0.1) is 36.5 Å². The first-order valence-electron chi connectivity index (χ1n) is 34.5. The van der Waals surface area contributed by atoms with Crippen molar-refractivity contribution in [3.05, 3.63) is 121 Å². The van der Waals surface area contributed by atoms with Crippen molar-refractivity contribution in [1.82, 2.24) is 30.7 Å². The number of urea groups is 1. The Morgan fingerprint density at radius 3 is 2.25 bits per heavy atom. The van der Waals surface area contributed by atoms with E-state index in [1.165, 1.54) is 50.3 Å². The van der Waals surface area contributed by atoms with Crippen LogP contribution in [0.4, 0.5) is 26.7 Å². The van der Waals surface area contributed by atoms with Crippen LogP contribution in [0.2, 0.25) is 0 Å². The fourth-order valence-corrected chi connectivity index (χ4v) is 13.3. The number of imide groups is 1. The molecule has 102 heavy (non-hydrogen) atoms. The number of anilines is 3. The summed E-state index contributed by atoms with van der Waals surface area (Å²) in [4.78, 5) is 142. The maximum absolute atomic E-state index is 15.1. The van der Waals surface area contributed by atoms with Crippen LogP contribution in [-0.4, -0.2) is 154 Å². The first-order chi connectivity index (χ1) is 48.5. The molecular formula is C74H92N10O18. The van der Waals surface area contributed by atoms with Crippen molar-refractivity contribution < 1.29 is 77.0 Å². The molecule has 4 aliphatic heterocycles. The standard InChI is InChI=1S/C74H92N10O18/c1-39(2)59(79-53(86)19-12-11-13-28-84-54(87)24-25-55(84)88)71(95)78-49(18-15-27-76-72(75)96)70(94)77-47-22-20-46(21-23-47)38-99-73(97)83-31-29-82(30-32-83)48-36-50(85)60-52(37-48)101-67-61(80-60)56-57-64(90)45(8)66-58(56)68(92)74(9,102-66)100-33-26-51(98-10)44(7)63(89)43(6)35-41(4)34-40(3)16-14-17-42(5)69(93)81-62(67)65(57)91/h14,16-17,20-26,33,36-37,39-41,43-44,49,51,59,63,89-90,92H,11-13,15,18-19,27-32,34-35,38H2,1-10H3,(H,77,94)(H,78,95)(H,79,86)(H,81,93)(H3,75,76,96)/b16-14+,33-26+,42-17-/t40-,41+,43+,44+,49-,51-,59-,63-,74-/m0/s1. The number of phenolic OH excluding ortho intramolecular Hbond substituents is 1. The van der Waals surface area contributed by atoms with Crippen molar-refractivity contribution in [1.29, 1.82) is 0 Å². The van der Waals surface area contributed by atoms with Gasteiger partial charge in [0.15, 0.2) is 22.4 Å². The van der Waals surface area contributed by atoms with Crippen LogP contribution < -0.4 is 58.0 Å². The van der Waals surface area contributed by atoms with Gasteiger partial charge in [0.2, 0.25) is 28.6 Å². The van der Waals surface area contributed by atoms with Crippen molar-refractivity contribution in [2.75, 3.05) is 61.9 Å². The van der Waals surface area contributed by atoms with Gasteiger partial charge < -0.3 is 80.8 Å². The van der Waals surface area contributed by atoms with Crippen LogP contribution >= 0.6 is 0 Å². The first kappa shape index (κ1) is 75.8. The van der Waals surface area contributed by atoms with E-state index in [0.29, 0.717) is 36.2 Å². The summed E-state index contributed by atoms with van der Waals surface area (Å²) in [6, 6.07) is 6.51. The molecule has 1 fully saturated rings. The number of primary amides is 1. The quantitative estimate of drug-likeness (QED) is 0.0164. The van der Waals surface area contributed by atoms with Gasteiger partial charge in [0.1, 0.15) is 41.4 Å². The molecule has 28 heteroatoms. The zero-order valence-electron chi connectivity index (χ0n) is 59.1. The van der Waals surface area contributed by atoms with Gasteiger partial charge in [-0.1, -0.05) is 78.3 Å². The Bertz CT molecular complexity index is 4350. The molecule has 9 amide bonds. The molecular weight excluding hydrogens is 1320 g/mol. The maximum Gasteiger partial charge on any atom is 0.410 e. The van der Waals surface area contributed by atoms with Gasteiger partial charge in [-0.2, -0.15) is 0 Å². The summed E-state index contributed by atoms with van der Waals surface area (Å²) in [7, 11) is 1.51. The fraction of sp³-hybridized carbons (Fsp3) is 0.473. The zero-order valence-corrected chi connectivity index (χ0v) is 59.1. The van der Waals surface area contributed by atoms with E-state index in [1.54, 1.807) is 69.3 Å². The topological polar surface area (TPSA) is 390 Å². The molecule has 0 aliphatic carbocycles. The van der Waals surface area contributed by atoms with Crippen molar-refractivity contribution in [2.45, 2.75) is 150 Å². The van der Waals surface area contributed by atoms with Crippen LogP contribution in [0.5, 0.6) is 11.5 Å². The van der Waals surface area contributed by atoms with E-state index in [0.717, 1.165) is 17.7 Å². The zero-order chi connectivity index (χ0) is 74.0. The average Bonchev–Trinajstić information content (AvgIpc) is 1.40. The lowest BCUT2D eigenvalue weighted by Crippen LogP contribution is -2.54. The summed E-state index contributed by atoms with van der Waals surface area (Å²) in [5, 5.41) is 48.7. The third kappa shape index (κ3) is 17.5. The highest BCUT2D eigenvalue weighted by Crippen LogP contribution is 2.42. The number of phenols is 1. The fourth-order valence-electron chi connectivity index (χ4n) is 13.3. The highest BCUT2D eigenvalue weighted by molar-refractivity contribution is 6.17. The van der Waals surface area contributed by atoms with Gasteiger partial charge >= 0.3 is 17.9 Å². The molecule has 0 spiro atoms. The average molecular weight is 1410 g/mol. The number of fused-ring (bicyclic) bond motifs is 2. The Kier molecular flexibility index (Phi) is 24.5. The number of unbranched alkanes of at least 4 members (excludes halogenated alkanes) is 2. The molecule has 9 rings (SSSR count). The number of amides is 9. The number of aliphatic hydroxyl groups excluding tert-OH is 2. The van der Waals surface area contributed by atoms with Gasteiger partial charge in [-0.3, -0.25) is 43.3 Å². The molecule has 0 saturated carbocycles. The molecule has 10 N–H and O–H groups in total. The second-order valence-corrected chi connectivity index (χ2v) is 27.4. The number of benzene rings is 4. The number of carbonyl (C=O) groups is 8. The van der Waals surface area contributed by atoms with E-state index < -0.39 is 99.8 Å². The lowest BCUT2D eigenvalue weighted by atomic mass is 9.82. The largest absolute Gasteiger partial charge is 0.507 e. The molecule has 1 aromatic heterocycles. The molecule has 546 valence electrons. The van der Waals surface area contributed by atoms with Gasteiger partial charge in [-0.05, 0) is 99.8 Å². The van der Waals surface area contributed by atoms with Crippen LogP contribution in [0.1, 0.15) is 118 Å². The van der Waals surface area contributed by atoms with Gasteiger partial charge in [0.25, 0.3) is 17.7 Å². The number of ether oxygens (including phenoxy) is 4. The number of rotatable bonds is 20. The number of carbonyl (C=O) groups excluding carboxylic acids is 8. The summed E-state index contributed by atoms with van der Waals surface area (Å²) in [5.41, 5.74) is 4.15. The normalized spacial score (nSPS) is 23.0. The number of allylic oxidation sites excluding steroid dienone is 3. The minimum absolute atomic E-state index is 0.0426. The molecule has 4 aliphatic rings. The summed E-state index contributed by atoms with van der Waals surface area (Å²) in [6.07, 6.45) is 12.1. The molecule has 5 heterocycles. The van der Waals surface area contributed by atoms with E-state index in [-0.39, 0.29) is 156 Å². The lowest BCUT2D eigenvalue weighted by Gasteiger charge is -2.35. The highest BCUT2D eigenvalue weighted by atomic mass is 16.7. The number of aromatic nitrogens is 1. The van der Waals surface area contributed by atoms with E-state index >= 15 is 4.79 Å². The number of nitrogens with zero attached hydrogens (tertiary/aromatic N) is 4. The monoisotopic (exact) mass is 1410 g/mol. The Balaban J connectivity index is 0.890. The van der Waals surface area contributed by atoms with Gasteiger partial charge in [-0.15, -0.1) is 0 Å². The Morgan fingerprint density at radius 1 is 0.863 bits per heavy atom. The van der Waals surface area contributed by atoms with E-state index in [4.69, 9.17) is 34.1 Å². The van der Waals surface area contributed by atoms with E-state index in [2.05, 4.69) is 40.4 Å². The minimum atomic E-state index is -1.97. The van der Waals surface area contributed by atoms with Crippen LogP contribution in [-0.2, 0) is 49.6 Å². The summed E-state index contributed by atoms with van der Waals surface area (Å²) in [5.74, 6) is -6.71. The van der Waals surface area contributed by atoms with Crippen molar-refractivity contribution >= 4 is 103 Å². The van der Waals surface area contributed by atoms with E-state index in [1.807, 2.05) is 24.8 Å². The summed E-state index contributed by atoms with van der Waals surface area (Å²) < 4.78 is 30.6. The third-order valence-corrected chi connectivity index (χ3v) is 19.2. The molecule has 9 atom stereocenters. The molecule has 28 nitrogen and oxygen atoms in total. The molecule has 5 aromatic rings. The van der Waals surface area contributed by atoms with Gasteiger partial charge in [-0.25, -0.2) is 14.6 Å². The highest BCUT2D eigenvalue weighted by Gasteiger charge is 2.44. The first-order valence-corrected chi connectivity index (χ1v) is 34.5. The van der Waals surface area contributed by atoms with Crippen LogP contribution in [0.25, 0.3) is 38.7 Å². The van der Waals surface area contributed by atoms with Crippen molar-refractivity contribution in [3.8, 4) is 11.5 Å². The minimum Gasteiger partial charge on any atom is -0.507 e. The SMILES string of the molecule is CO[C@H]1/C=C/O[C@@]2(C)Oc3c(C)c(O)c4c(=O)c(c5oc6cc(N7CCN(C(=O)OCc8ccc(NC(=O)[C@H](CCCNC(N)=O)NC(=O)[C@@H](NC(=O)CCCCCN9C(=O)C=CC9=O)C(C)C)cc8)CC7)cc(=O)c6nc5c4c3=C2O)NC(=O)/C(C)=C\C=C\[C@H](C)C[C@@H](C)C[C@@H](C)[C@H](O)[C@@H]1C. The molecule has 4 aromatic carbocycles. The molecule has 0 unspecified atom stereocenters. The van der Waals surface area contributed by atoms with Crippen LogP contribution in [0.15, 0.2) is 98.7 Å². The number of hydrogen-bond donors (Lipinski definition) is 9. The number of nitrogens with one attached hydrogen (secondary N) is 5. The number of nitrogens with two attached hydrogens (primary N) is 1. The number of aromatic hydroxyl groups is 1. The molecule has 1 saturated heterocycles. The number of piperazine rings is 1. The lowest BCUT2D eigenvalue weighted by molar-refractivity contribution is -0.137. The third-order valence-electron chi connectivity index (χ3n) is 19.2. The second kappa shape index (κ2) is 33.0. The number of hydrogen-bond acceptors (Lipinski definition) is 20. The van der Waals surface area contributed by atoms with E-state index in [9.17, 15) is 58.5 Å². The smallest absolute Gasteiger partial charge is 0.410 e. The Labute approximate surface area is 589 Å². The number of methoxy groups -OCH3 is 1. The predicted molar refractivity (Wildman–Crippen MR) is 382 cm³/mol. The Hall–Kier alpha value is -10.4. The van der Waals surface area contributed by atoms with Crippen molar-refractivity contribution in [2.24, 2.45) is 35.3 Å². The molecule has 4 bridgehead atoms. The van der Waals surface area contributed by atoms with Crippen LogP contribution in [0.3, 0.4) is 0 Å². The Morgan fingerprint density at radius 2 is 1.57 bits per heavy atom. The summed E-state index contributed by atoms with van der Waals surface area (Å²) in [6.45, 7) is 17.0. The van der Waals surface area contributed by atoms with Crippen molar-refractivity contribution in [3.63, 3.8) is 0 Å². The number of aliphatic hydroxyl groups is 2. The predicted octanol–water partition coefficient (Wildman–Crippen LogP) is 7.00. The second-order valence-electron chi connectivity index (χ2n) is 27.4. The van der Waals surface area contributed by atoms with Gasteiger partial charge in [0.05, 0.1) is 29.1 Å². The maximum atomic E-state index is 15.1. The molecule has 0 radical (unpaired) electrons. The van der Waals surface area contributed by atoms with Gasteiger partial charge in [0, 0.05) is 118 Å².